The van der Waals surface area contributed by atoms with Crippen LogP contribution in [0.5, 0.6) is 0 Å². The Morgan fingerprint density at radius 3 is 2.00 bits per heavy atom. The van der Waals surface area contributed by atoms with Gasteiger partial charge in [0.1, 0.15) is 0 Å². The molecule has 3 heteroatoms. The van der Waals surface area contributed by atoms with Gasteiger partial charge in [-0.25, -0.2) is 0 Å². The Labute approximate surface area is 81.7 Å². The number of nitrogens with zero attached hydrogens (tertiary/aromatic N) is 1. The fourth-order valence-corrected chi connectivity index (χ4v) is 1.96. The van der Waals surface area contributed by atoms with E-state index in [-0.39, 0.29) is 5.54 Å². The summed E-state index contributed by atoms with van der Waals surface area (Å²) < 4.78 is 4.99. The fraction of sp³-hybridized carbons (Fsp3) is 1.00. The second-order valence-electron chi connectivity index (χ2n) is 3.68. The molecule has 0 amide bonds. The highest BCUT2D eigenvalue weighted by Crippen LogP contribution is 2.25. The van der Waals surface area contributed by atoms with Gasteiger partial charge in [0.2, 0.25) is 0 Å². The van der Waals surface area contributed by atoms with Gasteiger partial charge in [-0.3, -0.25) is 0 Å². The van der Waals surface area contributed by atoms with E-state index in [1.807, 2.05) is 14.1 Å². The van der Waals surface area contributed by atoms with Gasteiger partial charge < -0.3 is 14.7 Å². The number of likely N-dealkylation sites (N-methyl/N-ethyl adjacent to an activating group) is 1. The highest BCUT2D eigenvalue weighted by atomic mass is 16.5. The molecule has 0 aliphatic rings. The van der Waals surface area contributed by atoms with Crippen LogP contribution in [-0.4, -0.2) is 49.5 Å². The summed E-state index contributed by atoms with van der Waals surface area (Å²) in [6, 6.07) is 0. The van der Waals surface area contributed by atoms with Crippen molar-refractivity contribution in [3.8, 4) is 0 Å². The molecule has 1 unspecified atom stereocenters. The summed E-state index contributed by atoms with van der Waals surface area (Å²) in [5, 5.41) is 9.96. The molecule has 0 saturated heterocycles. The predicted molar refractivity (Wildman–Crippen MR) is 54.9 cm³/mol. The normalized spacial score (nSPS) is 15.0. The monoisotopic (exact) mass is 189 g/mol. The van der Waals surface area contributed by atoms with E-state index in [9.17, 15) is 5.11 Å². The Balaban J connectivity index is 4.54. The van der Waals surface area contributed by atoms with E-state index in [0.717, 1.165) is 12.8 Å². The van der Waals surface area contributed by atoms with Crippen molar-refractivity contribution in [2.75, 3.05) is 27.8 Å². The lowest BCUT2D eigenvalue weighted by Crippen LogP contribution is -2.54. The summed E-state index contributed by atoms with van der Waals surface area (Å²) >= 11 is 0. The number of ether oxygens (including phenoxy) is 1. The largest absolute Gasteiger partial charge is 0.389 e. The van der Waals surface area contributed by atoms with E-state index >= 15 is 0 Å². The molecule has 0 fully saturated rings. The average Bonchev–Trinajstić information content (AvgIpc) is 2.07. The second kappa shape index (κ2) is 5.58. The third-order valence-electron chi connectivity index (χ3n) is 3.06. The number of rotatable bonds is 6. The lowest BCUT2D eigenvalue weighted by molar-refractivity contribution is -0.0519. The smallest absolute Gasteiger partial charge is 0.0956 e. The van der Waals surface area contributed by atoms with E-state index in [2.05, 4.69) is 18.7 Å². The van der Waals surface area contributed by atoms with Crippen LogP contribution in [0.3, 0.4) is 0 Å². The molecule has 0 radical (unpaired) electrons. The molecule has 0 spiro atoms. The lowest BCUT2D eigenvalue weighted by atomic mass is 9.85. The van der Waals surface area contributed by atoms with Gasteiger partial charge in [-0.1, -0.05) is 13.8 Å². The third kappa shape index (κ3) is 2.66. The maximum absolute atomic E-state index is 9.96. The van der Waals surface area contributed by atoms with Gasteiger partial charge in [0.25, 0.3) is 0 Å². The number of hydrogen-bond acceptors (Lipinski definition) is 3. The van der Waals surface area contributed by atoms with Crippen molar-refractivity contribution in [1.82, 2.24) is 4.90 Å². The van der Waals surface area contributed by atoms with Crippen LogP contribution in [-0.2, 0) is 4.74 Å². The summed E-state index contributed by atoms with van der Waals surface area (Å²) in [4.78, 5) is 2.09. The Kier molecular flexibility index (Phi) is 5.53. The Hall–Kier alpha value is -0.120. The van der Waals surface area contributed by atoms with Crippen molar-refractivity contribution in [1.29, 1.82) is 0 Å². The van der Waals surface area contributed by atoms with Gasteiger partial charge in [0.15, 0.2) is 0 Å². The maximum atomic E-state index is 9.96. The SMILES string of the molecule is CCC(CC)(C(O)COC)N(C)C. The molecule has 13 heavy (non-hydrogen) atoms. The zero-order valence-electron chi connectivity index (χ0n) is 9.50. The van der Waals surface area contributed by atoms with Gasteiger partial charge >= 0.3 is 0 Å². The van der Waals surface area contributed by atoms with Gasteiger partial charge in [-0.15, -0.1) is 0 Å². The molecular formula is C10H23NO2. The first-order valence-corrected chi connectivity index (χ1v) is 4.89. The molecule has 0 heterocycles. The van der Waals surface area contributed by atoms with E-state index in [1.165, 1.54) is 0 Å². The summed E-state index contributed by atoms with van der Waals surface area (Å²) in [6.07, 6.45) is 1.45. The number of hydrogen-bond donors (Lipinski definition) is 1. The van der Waals surface area contributed by atoms with E-state index in [1.54, 1.807) is 7.11 Å². The minimum atomic E-state index is -0.414. The maximum Gasteiger partial charge on any atom is 0.0956 e. The van der Waals surface area contributed by atoms with Crippen LogP contribution in [0.2, 0.25) is 0 Å². The van der Waals surface area contributed by atoms with Crippen molar-refractivity contribution >= 4 is 0 Å². The predicted octanol–water partition coefficient (Wildman–Crippen LogP) is 1.11. The van der Waals surface area contributed by atoms with E-state index in [0.29, 0.717) is 6.61 Å². The highest BCUT2D eigenvalue weighted by molar-refractivity contribution is 4.92. The first-order chi connectivity index (χ1) is 6.05. The molecule has 80 valence electrons. The van der Waals surface area contributed by atoms with Crippen molar-refractivity contribution in [2.45, 2.75) is 38.3 Å². The zero-order valence-corrected chi connectivity index (χ0v) is 9.50. The Bertz CT molecular complexity index is 133. The fourth-order valence-electron chi connectivity index (χ4n) is 1.96. The Morgan fingerprint density at radius 2 is 1.77 bits per heavy atom. The van der Waals surface area contributed by atoms with Crippen molar-refractivity contribution in [3.63, 3.8) is 0 Å². The molecule has 1 atom stereocenters. The molecular weight excluding hydrogens is 166 g/mol. The van der Waals surface area contributed by atoms with Crippen LogP contribution >= 0.6 is 0 Å². The zero-order chi connectivity index (χ0) is 10.5. The van der Waals surface area contributed by atoms with Crippen LogP contribution < -0.4 is 0 Å². The van der Waals surface area contributed by atoms with Gasteiger partial charge in [-0.2, -0.15) is 0 Å². The molecule has 0 aliphatic carbocycles. The summed E-state index contributed by atoms with van der Waals surface area (Å²) in [5.41, 5.74) is -0.143. The van der Waals surface area contributed by atoms with Gasteiger partial charge in [0, 0.05) is 12.6 Å². The molecule has 3 nitrogen and oxygen atoms in total. The molecule has 1 N–H and O–H groups in total. The minimum Gasteiger partial charge on any atom is -0.389 e. The van der Waals surface area contributed by atoms with Crippen LogP contribution in [0, 0.1) is 0 Å². The second-order valence-corrected chi connectivity index (χ2v) is 3.68. The molecule has 0 saturated carbocycles. The van der Waals surface area contributed by atoms with E-state index < -0.39 is 6.10 Å². The molecule has 0 rings (SSSR count). The number of aliphatic hydroxyl groups excluding tert-OH is 1. The van der Waals surface area contributed by atoms with Crippen LogP contribution in [0.1, 0.15) is 26.7 Å². The quantitative estimate of drug-likeness (QED) is 0.679. The molecule has 0 bridgehead atoms. The summed E-state index contributed by atoms with van der Waals surface area (Å²) in [7, 11) is 5.63. The van der Waals surface area contributed by atoms with Gasteiger partial charge in [0.05, 0.1) is 12.7 Å². The van der Waals surface area contributed by atoms with Crippen molar-refractivity contribution < 1.29 is 9.84 Å². The minimum absolute atomic E-state index is 0.143. The average molecular weight is 189 g/mol. The standard InChI is InChI=1S/C10H23NO2/c1-6-10(7-2,11(3)4)9(12)8-13-5/h9,12H,6-8H2,1-5H3. The van der Waals surface area contributed by atoms with Crippen LogP contribution in [0.4, 0.5) is 0 Å². The van der Waals surface area contributed by atoms with Gasteiger partial charge in [-0.05, 0) is 26.9 Å². The molecule has 0 aromatic carbocycles. The highest BCUT2D eigenvalue weighted by Gasteiger charge is 2.36. The number of aliphatic hydroxyl groups is 1. The van der Waals surface area contributed by atoms with Crippen LogP contribution in [0.25, 0.3) is 0 Å². The van der Waals surface area contributed by atoms with E-state index in [4.69, 9.17) is 4.74 Å². The molecule has 0 aliphatic heterocycles. The number of methoxy groups -OCH3 is 1. The third-order valence-corrected chi connectivity index (χ3v) is 3.06. The molecule has 0 aromatic heterocycles. The molecule has 0 aromatic rings. The topological polar surface area (TPSA) is 32.7 Å². The Morgan fingerprint density at radius 1 is 1.31 bits per heavy atom. The van der Waals surface area contributed by atoms with Crippen LogP contribution in [0.15, 0.2) is 0 Å². The lowest BCUT2D eigenvalue weighted by Gasteiger charge is -2.42. The van der Waals surface area contributed by atoms with Crippen molar-refractivity contribution in [3.05, 3.63) is 0 Å². The van der Waals surface area contributed by atoms with Crippen molar-refractivity contribution in [2.24, 2.45) is 0 Å². The summed E-state index contributed by atoms with van der Waals surface area (Å²) in [5.74, 6) is 0. The first kappa shape index (κ1) is 12.9. The summed E-state index contributed by atoms with van der Waals surface area (Å²) in [6.45, 7) is 4.60. The first-order valence-electron chi connectivity index (χ1n) is 4.89.